The highest BCUT2D eigenvalue weighted by atomic mass is 32.2. The highest BCUT2D eigenvalue weighted by Gasteiger charge is 2.41. The maximum atomic E-state index is 11.8. The SMILES string of the molecule is CCCC(CCN)CCC(=O)NCC1(SC)CC1. The molecule has 0 aromatic heterocycles. The zero-order valence-electron chi connectivity index (χ0n) is 11.8. The molecule has 18 heavy (non-hydrogen) atoms. The molecule has 1 fully saturated rings. The maximum absolute atomic E-state index is 11.8. The third-order valence-corrected chi connectivity index (χ3v) is 5.32. The van der Waals surface area contributed by atoms with Gasteiger partial charge in [-0.1, -0.05) is 19.8 Å². The highest BCUT2D eigenvalue weighted by Crippen LogP contribution is 2.46. The van der Waals surface area contributed by atoms with E-state index in [4.69, 9.17) is 5.73 Å². The van der Waals surface area contributed by atoms with Crippen LogP contribution in [-0.2, 0) is 4.79 Å². The van der Waals surface area contributed by atoms with Crippen LogP contribution in [0.2, 0.25) is 0 Å². The van der Waals surface area contributed by atoms with Gasteiger partial charge in [0.1, 0.15) is 0 Å². The second-order valence-electron chi connectivity index (χ2n) is 5.43. The summed E-state index contributed by atoms with van der Waals surface area (Å²) in [4.78, 5) is 11.8. The lowest BCUT2D eigenvalue weighted by molar-refractivity contribution is -0.121. The van der Waals surface area contributed by atoms with Crippen LogP contribution in [-0.4, -0.2) is 30.0 Å². The van der Waals surface area contributed by atoms with Crippen molar-refractivity contribution in [1.29, 1.82) is 0 Å². The summed E-state index contributed by atoms with van der Waals surface area (Å²) in [6.07, 6.45) is 9.72. The van der Waals surface area contributed by atoms with Gasteiger partial charge in [0.15, 0.2) is 0 Å². The Morgan fingerprint density at radius 2 is 2.11 bits per heavy atom. The van der Waals surface area contributed by atoms with Crippen molar-refractivity contribution in [2.45, 2.75) is 56.6 Å². The van der Waals surface area contributed by atoms with Gasteiger partial charge in [-0.2, -0.15) is 11.8 Å². The summed E-state index contributed by atoms with van der Waals surface area (Å²) in [5.74, 6) is 0.842. The summed E-state index contributed by atoms with van der Waals surface area (Å²) in [5.41, 5.74) is 5.60. The molecule has 0 aromatic rings. The van der Waals surface area contributed by atoms with Gasteiger partial charge in [0.25, 0.3) is 0 Å². The molecule has 0 radical (unpaired) electrons. The molecule has 0 saturated heterocycles. The monoisotopic (exact) mass is 272 g/mol. The molecule has 1 amide bonds. The van der Waals surface area contributed by atoms with Crippen molar-refractivity contribution in [3.05, 3.63) is 0 Å². The van der Waals surface area contributed by atoms with E-state index in [9.17, 15) is 4.79 Å². The van der Waals surface area contributed by atoms with Crippen LogP contribution in [0.3, 0.4) is 0 Å². The Labute approximate surface area is 116 Å². The first-order chi connectivity index (χ1) is 8.65. The van der Waals surface area contributed by atoms with Gasteiger partial charge < -0.3 is 11.1 Å². The summed E-state index contributed by atoms with van der Waals surface area (Å²) < 4.78 is 0.371. The summed E-state index contributed by atoms with van der Waals surface area (Å²) in [5, 5.41) is 3.08. The molecule has 3 nitrogen and oxygen atoms in total. The molecule has 0 heterocycles. The first kappa shape index (κ1) is 15.8. The second kappa shape index (κ2) is 8.05. The Morgan fingerprint density at radius 1 is 1.39 bits per heavy atom. The molecule has 106 valence electrons. The van der Waals surface area contributed by atoms with E-state index in [2.05, 4.69) is 18.5 Å². The van der Waals surface area contributed by atoms with Crippen LogP contribution in [0.25, 0.3) is 0 Å². The van der Waals surface area contributed by atoms with E-state index in [0.29, 0.717) is 17.1 Å². The van der Waals surface area contributed by atoms with Gasteiger partial charge in [-0.25, -0.2) is 0 Å². The first-order valence-corrected chi connectivity index (χ1v) is 8.40. The highest BCUT2D eigenvalue weighted by molar-refractivity contribution is 8.00. The largest absolute Gasteiger partial charge is 0.355 e. The molecule has 1 saturated carbocycles. The number of amides is 1. The van der Waals surface area contributed by atoms with Crippen molar-refractivity contribution in [3.63, 3.8) is 0 Å². The van der Waals surface area contributed by atoms with Crippen molar-refractivity contribution in [2.24, 2.45) is 11.7 Å². The van der Waals surface area contributed by atoms with Crippen LogP contribution in [0.5, 0.6) is 0 Å². The molecule has 0 bridgehead atoms. The average Bonchev–Trinajstić information content (AvgIpc) is 3.15. The molecule has 0 spiro atoms. The lowest BCUT2D eigenvalue weighted by Crippen LogP contribution is -2.31. The van der Waals surface area contributed by atoms with Crippen LogP contribution in [0.15, 0.2) is 0 Å². The minimum atomic E-state index is 0.216. The van der Waals surface area contributed by atoms with Crippen LogP contribution in [0.4, 0.5) is 0 Å². The fourth-order valence-electron chi connectivity index (χ4n) is 2.35. The average molecular weight is 272 g/mol. The number of thioether (sulfide) groups is 1. The summed E-state index contributed by atoms with van der Waals surface area (Å²) in [6, 6.07) is 0. The van der Waals surface area contributed by atoms with Gasteiger partial charge in [0, 0.05) is 17.7 Å². The Hall–Kier alpha value is -0.220. The van der Waals surface area contributed by atoms with E-state index in [0.717, 1.165) is 25.9 Å². The molecular weight excluding hydrogens is 244 g/mol. The quantitative estimate of drug-likeness (QED) is 0.642. The van der Waals surface area contributed by atoms with Crippen LogP contribution < -0.4 is 11.1 Å². The Balaban J connectivity index is 2.14. The molecule has 1 aliphatic rings. The number of rotatable bonds is 10. The maximum Gasteiger partial charge on any atom is 0.220 e. The van der Waals surface area contributed by atoms with Crippen molar-refractivity contribution in [2.75, 3.05) is 19.3 Å². The molecule has 1 atom stereocenters. The van der Waals surface area contributed by atoms with E-state index in [-0.39, 0.29) is 5.91 Å². The van der Waals surface area contributed by atoms with Crippen molar-refractivity contribution < 1.29 is 4.79 Å². The molecule has 1 rings (SSSR count). The number of hydrogen-bond donors (Lipinski definition) is 2. The van der Waals surface area contributed by atoms with Gasteiger partial charge in [-0.3, -0.25) is 4.79 Å². The molecule has 3 N–H and O–H groups in total. The predicted molar refractivity (Wildman–Crippen MR) is 79.8 cm³/mol. The van der Waals surface area contributed by atoms with Crippen LogP contribution in [0.1, 0.15) is 51.9 Å². The summed E-state index contributed by atoms with van der Waals surface area (Å²) >= 11 is 1.89. The van der Waals surface area contributed by atoms with Crippen molar-refractivity contribution >= 4 is 17.7 Å². The lowest BCUT2D eigenvalue weighted by atomic mass is 9.94. The Morgan fingerprint density at radius 3 is 2.61 bits per heavy atom. The topological polar surface area (TPSA) is 55.1 Å². The molecule has 0 aliphatic heterocycles. The van der Waals surface area contributed by atoms with E-state index in [1.54, 1.807) is 0 Å². The standard InChI is InChI=1S/C14H28N2OS/c1-3-4-12(7-10-15)5-6-13(17)16-11-14(18-2)8-9-14/h12H,3-11,15H2,1-2H3,(H,16,17). The second-order valence-corrected chi connectivity index (χ2v) is 6.71. The molecule has 1 aliphatic carbocycles. The van der Waals surface area contributed by atoms with Gasteiger partial charge in [0.2, 0.25) is 5.91 Å². The minimum Gasteiger partial charge on any atom is -0.355 e. The zero-order valence-corrected chi connectivity index (χ0v) is 12.7. The first-order valence-electron chi connectivity index (χ1n) is 7.17. The van der Waals surface area contributed by atoms with E-state index < -0.39 is 0 Å². The fraction of sp³-hybridized carbons (Fsp3) is 0.929. The number of hydrogen-bond acceptors (Lipinski definition) is 3. The van der Waals surface area contributed by atoms with E-state index in [1.807, 2.05) is 11.8 Å². The normalized spacial score (nSPS) is 18.4. The smallest absolute Gasteiger partial charge is 0.220 e. The molecule has 0 aromatic carbocycles. The lowest BCUT2D eigenvalue weighted by Gasteiger charge is -2.16. The van der Waals surface area contributed by atoms with Gasteiger partial charge in [-0.15, -0.1) is 0 Å². The summed E-state index contributed by atoms with van der Waals surface area (Å²) in [7, 11) is 0. The van der Waals surface area contributed by atoms with E-state index >= 15 is 0 Å². The third kappa shape index (κ3) is 5.61. The number of nitrogens with two attached hydrogens (primary N) is 1. The van der Waals surface area contributed by atoms with Gasteiger partial charge >= 0.3 is 0 Å². The summed E-state index contributed by atoms with van der Waals surface area (Å²) in [6.45, 7) is 3.78. The third-order valence-electron chi connectivity index (χ3n) is 3.90. The van der Waals surface area contributed by atoms with Crippen molar-refractivity contribution in [3.8, 4) is 0 Å². The van der Waals surface area contributed by atoms with Crippen LogP contribution >= 0.6 is 11.8 Å². The number of carbonyl (C=O) groups is 1. The minimum absolute atomic E-state index is 0.216. The van der Waals surface area contributed by atoms with Crippen LogP contribution in [0, 0.1) is 5.92 Å². The number of nitrogens with one attached hydrogen (secondary N) is 1. The fourth-order valence-corrected chi connectivity index (χ4v) is 3.08. The van der Waals surface area contributed by atoms with Gasteiger partial charge in [0.05, 0.1) is 0 Å². The molecule has 4 heteroatoms. The molecular formula is C14H28N2OS. The predicted octanol–water partition coefficient (Wildman–Crippen LogP) is 2.54. The number of carbonyl (C=O) groups excluding carboxylic acids is 1. The van der Waals surface area contributed by atoms with Gasteiger partial charge in [-0.05, 0) is 44.4 Å². The Bertz CT molecular complexity index is 248. The van der Waals surface area contributed by atoms with Crippen molar-refractivity contribution in [1.82, 2.24) is 5.32 Å². The Kier molecular flexibility index (Phi) is 7.08. The van der Waals surface area contributed by atoms with E-state index in [1.165, 1.54) is 25.7 Å². The molecule has 1 unspecified atom stereocenters. The zero-order chi connectivity index (χ0) is 13.4.